The molecule has 27 heavy (non-hydrogen) atoms. The van der Waals surface area contributed by atoms with E-state index in [-0.39, 0.29) is 0 Å². The molecule has 0 aromatic heterocycles. The lowest BCUT2D eigenvalue weighted by Gasteiger charge is -2.23. The fourth-order valence-corrected chi connectivity index (χ4v) is 2.55. The first-order chi connectivity index (χ1) is 13.2. The van der Waals surface area contributed by atoms with Crippen LogP contribution in [0.25, 0.3) is 0 Å². The number of carbonyl (C=O) groups excluding carboxylic acids is 2. The van der Waals surface area contributed by atoms with Gasteiger partial charge in [-0.25, -0.2) is 9.59 Å². The summed E-state index contributed by atoms with van der Waals surface area (Å²) in [6.07, 6.45) is 5.00. The Morgan fingerprint density at radius 1 is 0.778 bits per heavy atom. The fourth-order valence-electron chi connectivity index (χ4n) is 2.55. The molecule has 0 spiro atoms. The van der Waals surface area contributed by atoms with Gasteiger partial charge in [-0.3, -0.25) is 10.6 Å². The SMILES string of the molecule is O=C(Nc1ccccc1)O[C@@H]1C=CC=CC[C@H]1OC(=O)Nc1ccccc1. The maximum Gasteiger partial charge on any atom is 0.412 e. The Morgan fingerprint density at radius 2 is 1.33 bits per heavy atom. The van der Waals surface area contributed by atoms with Crippen LogP contribution >= 0.6 is 0 Å². The van der Waals surface area contributed by atoms with Crippen molar-refractivity contribution in [2.75, 3.05) is 10.6 Å². The topological polar surface area (TPSA) is 76.7 Å². The molecule has 0 aliphatic heterocycles. The van der Waals surface area contributed by atoms with Crippen molar-refractivity contribution in [3.63, 3.8) is 0 Å². The van der Waals surface area contributed by atoms with Crippen LogP contribution in [0, 0.1) is 0 Å². The number of benzene rings is 2. The average Bonchev–Trinajstić information content (AvgIpc) is 2.88. The Bertz CT molecular complexity index is 819. The van der Waals surface area contributed by atoms with Gasteiger partial charge in [0.25, 0.3) is 0 Å². The van der Waals surface area contributed by atoms with Crippen molar-refractivity contribution >= 4 is 23.6 Å². The summed E-state index contributed by atoms with van der Waals surface area (Å²) in [5, 5.41) is 5.31. The number of anilines is 2. The van der Waals surface area contributed by atoms with Gasteiger partial charge in [-0.05, 0) is 30.3 Å². The van der Waals surface area contributed by atoms with Crippen molar-refractivity contribution in [1.29, 1.82) is 0 Å². The van der Waals surface area contributed by atoms with E-state index >= 15 is 0 Å². The van der Waals surface area contributed by atoms with E-state index in [2.05, 4.69) is 10.6 Å². The summed E-state index contributed by atoms with van der Waals surface area (Å²) in [5.41, 5.74) is 1.25. The van der Waals surface area contributed by atoms with Gasteiger partial charge >= 0.3 is 12.2 Å². The van der Waals surface area contributed by atoms with Crippen LogP contribution in [-0.2, 0) is 9.47 Å². The highest BCUT2D eigenvalue weighted by Gasteiger charge is 2.27. The first-order valence-corrected chi connectivity index (χ1v) is 8.59. The zero-order chi connectivity index (χ0) is 18.9. The van der Waals surface area contributed by atoms with Crippen molar-refractivity contribution in [3.8, 4) is 0 Å². The minimum atomic E-state index is -0.703. The molecule has 0 saturated heterocycles. The number of amides is 2. The largest absolute Gasteiger partial charge is 0.441 e. The maximum atomic E-state index is 12.2. The smallest absolute Gasteiger partial charge is 0.412 e. The van der Waals surface area contributed by atoms with Gasteiger partial charge in [-0.15, -0.1) is 0 Å². The predicted octanol–water partition coefficient (Wildman–Crippen LogP) is 4.74. The van der Waals surface area contributed by atoms with Crippen LogP contribution in [-0.4, -0.2) is 24.4 Å². The Kier molecular flexibility index (Phi) is 6.25. The number of hydrogen-bond donors (Lipinski definition) is 2. The van der Waals surface area contributed by atoms with Gasteiger partial charge in [0, 0.05) is 17.8 Å². The lowest BCUT2D eigenvalue weighted by Crippen LogP contribution is -2.35. The molecule has 0 radical (unpaired) electrons. The molecule has 0 saturated carbocycles. The maximum absolute atomic E-state index is 12.2. The van der Waals surface area contributed by atoms with Gasteiger partial charge in [-0.1, -0.05) is 54.6 Å². The number of allylic oxidation sites excluding steroid dienone is 2. The Balaban J connectivity index is 1.60. The van der Waals surface area contributed by atoms with Crippen LogP contribution in [0.1, 0.15) is 6.42 Å². The molecule has 2 aromatic carbocycles. The number of nitrogens with one attached hydrogen (secondary N) is 2. The quantitative estimate of drug-likeness (QED) is 0.822. The number of hydrogen-bond acceptors (Lipinski definition) is 4. The second-order valence-corrected chi connectivity index (χ2v) is 5.84. The molecule has 2 aromatic rings. The van der Waals surface area contributed by atoms with Gasteiger partial charge in [0.15, 0.2) is 6.10 Å². The summed E-state index contributed by atoms with van der Waals surface area (Å²) in [7, 11) is 0. The van der Waals surface area contributed by atoms with Gasteiger partial charge in [0.05, 0.1) is 0 Å². The predicted molar refractivity (Wildman–Crippen MR) is 104 cm³/mol. The lowest BCUT2D eigenvalue weighted by molar-refractivity contribution is 0.0240. The van der Waals surface area contributed by atoms with Gasteiger partial charge in [0.1, 0.15) is 6.10 Å². The Morgan fingerprint density at radius 3 is 1.93 bits per heavy atom. The molecule has 2 N–H and O–H groups in total. The van der Waals surface area contributed by atoms with E-state index in [9.17, 15) is 9.59 Å². The van der Waals surface area contributed by atoms with Crippen LogP contribution in [0.2, 0.25) is 0 Å². The zero-order valence-electron chi connectivity index (χ0n) is 14.6. The highest BCUT2D eigenvalue weighted by molar-refractivity contribution is 5.85. The summed E-state index contributed by atoms with van der Waals surface area (Å²) in [4.78, 5) is 24.3. The fraction of sp³-hybridized carbons (Fsp3) is 0.143. The molecule has 1 aliphatic carbocycles. The van der Waals surface area contributed by atoms with E-state index in [4.69, 9.17) is 9.47 Å². The molecule has 2 atom stereocenters. The third-order valence-electron chi connectivity index (χ3n) is 3.82. The lowest BCUT2D eigenvalue weighted by atomic mass is 10.1. The minimum Gasteiger partial charge on any atom is -0.441 e. The van der Waals surface area contributed by atoms with E-state index in [1.54, 1.807) is 36.4 Å². The molecule has 6 nitrogen and oxygen atoms in total. The second kappa shape index (κ2) is 9.24. The first kappa shape index (κ1) is 18.3. The molecule has 0 fully saturated rings. The first-order valence-electron chi connectivity index (χ1n) is 8.59. The molecular formula is C21H20N2O4. The highest BCUT2D eigenvalue weighted by Crippen LogP contribution is 2.17. The van der Waals surface area contributed by atoms with Crippen LogP contribution in [0.4, 0.5) is 21.0 Å². The third kappa shape index (κ3) is 5.74. The summed E-state index contributed by atoms with van der Waals surface area (Å²) in [5.74, 6) is 0. The van der Waals surface area contributed by atoms with E-state index in [0.29, 0.717) is 17.8 Å². The zero-order valence-corrected chi connectivity index (χ0v) is 14.6. The van der Waals surface area contributed by atoms with E-state index in [0.717, 1.165) is 0 Å². The number of ether oxygens (including phenoxy) is 2. The second-order valence-electron chi connectivity index (χ2n) is 5.84. The van der Waals surface area contributed by atoms with Crippen molar-refractivity contribution < 1.29 is 19.1 Å². The summed E-state index contributed by atoms with van der Waals surface area (Å²) in [6.45, 7) is 0. The number of para-hydroxylation sites is 2. The molecule has 0 unspecified atom stereocenters. The van der Waals surface area contributed by atoms with Crippen molar-refractivity contribution in [1.82, 2.24) is 0 Å². The molecule has 1 aliphatic rings. The van der Waals surface area contributed by atoms with E-state index < -0.39 is 24.4 Å². The monoisotopic (exact) mass is 364 g/mol. The molecule has 2 amide bonds. The van der Waals surface area contributed by atoms with Crippen LogP contribution < -0.4 is 10.6 Å². The van der Waals surface area contributed by atoms with E-state index in [1.807, 2.05) is 48.6 Å². The highest BCUT2D eigenvalue weighted by atomic mass is 16.6. The molecule has 138 valence electrons. The van der Waals surface area contributed by atoms with Crippen molar-refractivity contribution in [2.24, 2.45) is 0 Å². The van der Waals surface area contributed by atoms with Crippen molar-refractivity contribution in [3.05, 3.63) is 85.0 Å². The van der Waals surface area contributed by atoms with Crippen molar-refractivity contribution in [2.45, 2.75) is 18.6 Å². The number of rotatable bonds is 4. The molecule has 6 heteroatoms. The Labute approximate surface area is 157 Å². The standard InChI is InChI=1S/C21H20N2O4/c24-20(22-16-10-4-1-5-11-16)26-18-14-8-3-9-15-19(18)27-21(25)23-17-12-6-2-7-13-17/h1-14,18-19H,15H2,(H,22,24)(H,23,25)/t18-,19-/m1/s1. The average molecular weight is 364 g/mol. The summed E-state index contributed by atoms with van der Waals surface area (Å²) >= 11 is 0. The molecule has 0 bridgehead atoms. The van der Waals surface area contributed by atoms with Gasteiger partial charge in [0.2, 0.25) is 0 Å². The summed E-state index contributed by atoms with van der Waals surface area (Å²) in [6, 6.07) is 18.0. The summed E-state index contributed by atoms with van der Waals surface area (Å²) < 4.78 is 10.9. The van der Waals surface area contributed by atoms with Gasteiger partial charge < -0.3 is 9.47 Å². The molecule has 0 heterocycles. The molecule has 3 rings (SSSR count). The Hall–Kier alpha value is -3.54. The van der Waals surface area contributed by atoms with Crippen LogP contribution in [0.5, 0.6) is 0 Å². The third-order valence-corrected chi connectivity index (χ3v) is 3.82. The number of carbonyl (C=O) groups is 2. The van der Waals surface area contributed by atoms with E-state index in [1.165, 1.54) is 0 Å². The minimum absolute atomic E-state index is 0.429. The van der Waals surface area contributed by atoms with Crippen LogP contribution in [0.3, 0.4) is 0 Å². The molecular weight excluding hydrogens is 344 g/mol. The van der Waals surface area contributed by atoms with Gasteiger partial charge in [-0.2, -0.15) is 0 Å². The normalized spacial score (nSPS) is 18.2. The van der Waals surface area contributed by atoms with Crippen LogP contribution in [0.15, 0.2) is 85.0 Å².